The Morgan fingerprint density at radius 3 is 3.06 bits per heavy atom. The second-order valence-corrected chi connectivity index (χ2v) is 4.50. The lowest BCUT2D eigenvalue weighted by Crippen LogP contribution is -2.16. The summed E-state index contributed by atoms with van der Waals surface area (Å²) in [5, 5.41) is 3.44. The summed E-state index contributed by atoms with van der Waals surface area (Å²) in [5.41, 5.74) is 2.39. The van der Waals surface area contributed by atoms with Gasteiger partial charge in [-0.05, 0) is 43.9 Å². The largest absolute Gasteiger partial charge is 0.417 e. The lowest BCUT2D eigenvalue weighted by molar-refractivity contribution is 0.555. The molecule has 1 atom stereocenters. The van der Waals surface area contributed by atoms with E-state index in [1.54, 1.807) is 0 Å². The fourth-order valence-electron chi connectivity index (χ4n) is 2.02. The molecule has 3 rings (SSSR count). The number of hydrogen-bond donors (Lipinski definition) is 2. The molecular weight excluding hydrogens is 204 g/mol. The standard InChI is InChI=1S/C12H14N2O2/c1-7(8-2-3-8)13-9-4-5-11-10(6-9)14-12(15)16-11/h4-8,13H,2-3H2,1H3,(H,14,15). The van der Waals surface area contributed by atoms with E-state index < -0.39 is 5.76 Å². The molecule has 1 aromatic heterocycles. The Labute approximate surface area is 92.7 Å². The first kappa shape index (κ1) is 9.51. The van der Waals surface area contributed by atoms with Crippen molar-refractivity contribution < 1.29 is 4.42 Å². The zero-order valence-electron chi connectivity index (χ0n) is 9.12. The number of hydrogen-bond acceptors (Lipinski definition) is 3. The number of anilines is 1. The van der Waals surface area contributed by atoms with Crippen molar-refractivity contribution in [3.8, 4) is 0 Å². The average Bonchev–Trinajstić information content (AvgIpc) is 3.01. The molecule has 0 spiro atoms. The molecular formula is C12H14N2O2. The van der Waals surface area contributed by atoms with Crippen LogP contribution in [0.3, 0.4) is 0 Å². The lowest BCUT2D eigenvalue weighted by atomic mass is 10.2. The maximum atomic E-state index is 11.0. The topological polar surface area (TPSA) is 58.0 Å². The van der Waals surface area contributed by atoms with Gasteiger partial charge in [0.15, 0.2) is 5.58 Å². The Hall–Kier alpha value is -1.71. The Bertz CT molecular complexity index is 566. The van der Waals surface area contributed by atoms with Crippen molar-refractivity contribution in [3.05, 3.63) is 28.7 Å². The fourth-order valence-corrected chi connectivity index (χ4v) is 2.02. The van der Waals surface area contributed by atoms with Crippen LogP contribution in [-0.4, -0.2) is 11.0 Å². The maximum absolute atomic E-state index is 11.0. The summed E-state index contributed by atoms with van der Waals surface area (Å²) in [6.07, 6.45) is 2.64. The minimum atomic E-state index is -0.401. The maximum Gasteiger partial charge on any atom is 0.417 e. The molecule has 1 heterocycles. The molecule has 0 radical (unpaired) electrons. The highest BCUT2D eigenvalue weighted by atomic mass is 16.4. The molecule has 16 heavy (non-hydrogen) atoms. The van der Waals surface area contributed by atoms with Crippen molar-refractivity contribution in [2.75, 3.05) is 5.32 Å². The SMILES string of the molecule is CC(Nc1ccc2oc(=O)[nH]c2c1)C1CC1. The monoisotopic (exact) mass is 218 g/mol. The van der Waals surface area contributed by atoms with Crippen LogP contribution in [0.15, 0.2) is 27.4 Å². The summed E-state index contributed by atoms with van der Waals surface area (Å²) in [4.78, 5) is 13.7. The predicted molar refractivity (Wildman–Crippen MR) is 62.6 cm³/mol. The summed E-state index contributed by atoms with van der Waals surface area (Å²) < 4.78 is 4.95. The first-order chi connectivity index (χ1) is 7.72. The molecule has 1 aliphatic carbocycles. The Morgan fingerprint density at radius 1 is 1.50 bits per heavy atom. The predicted octanol–water partition coefficient (Wildman–Crippen LogP) is 2.33. The van der Waals surface area contributed by atoms with Crippen LogP contribution in [-0.2, 0) is 0 Å². The van der Waals surface area contributed by atoms with E-state index >= 15 is 0 Å². The molecule has 0 aliphatic heterocycles. The molecule has 0 amide bonds. The van der Waals surface area contributed by atoms with Crippen molar-refractivity contribution in [2.45, 2.75) is 25.8 Å². The lowest BCUT2D eigenvalue weighted by Gasteiger charge is -2.13. The van der Waals surface area contributed by atoms with Crippen LogP contribution in [0.1, 0.15) is 19.8 Å². The van der Waals surface area contributed by atoms with Crippen molar-refractivity contribution in [3.63, 3.8) is 0 Å². The summed E-state index contributed by atoms with van der Waals surface area (Å²) in [7, 11) is 0. The molecule has 4 heteroatoms. The third-order valence-corrected chi connectivity index (χ3v) is 3.14. The second kappa shape index (κ2) is 3.40. The third kappa shape index (κ3) is 1.71. The number of aromatic amines is 1. The molecule has 1 fully saturated rings. The normalized spacial score (nSPS) is 17.6. The van der Waals surface area contributed by atoms with E-state index in [0.29, 0.717) is 11.6 Å². The molecule has 2 aromatic rings. The average molecular weight is 218 g/mol. The van der Waals surface area contributed by atoms with Crippen molar-refractivity contribution in [2.24, 2.45) is 5.92 Å². The molecule has 84 valence electrons. The Morgan fingerprint density at radius 2 is 2.31 bits per heavy atom. The van der Waals surface area contributed by atoms with Gasteiger partial charge in [-0.15, -0.1) is 0 Å². The van der Waals surface area contributed by atoms with Crippen LogP contribution in [0.5, 0.6) is 0 Å². The van der Waals surface area contributed by atoms with Crippen LogP contribution in [0.4, 0.5) is 5.69 Å². The van der Waals surface area contributed by atoms with E-state index in [4.69, 9.17) is 4.42 Å². The molecule has 2 N–H and O–H groups in total. The quantitative estimate of drug-likeness (QED) is 0.831. The molecule has 1 unspecified atom stereocenters. The van der Waals surface area contributed by atoms with Crippen molar-refractivity contribution >= 4 is 16.8 Å². The van der Waals surface area contributed by atoms with Crippen molar-refractivity contribution in [1.82, 2.24) is 4.98 Å². The third-order valence-electron chi connectivity index (χ3n) is 3.14. The van der Waals surface area contributed by atoms with E-state index in [1.807, 2.05) is 18.2 Å². The number of benzene rings is 1. The highest BCUT2D eigenvalue weighted by Gasteiger charge is 2.27. The number of oxazole rings is 1. The number of aromatic nitrogens is 1. The number of rotatable bonds is 3. The Balaban J connectivity index is 1.88. The van der Waals surface area contributed by atoms with Gasteiger partial charge in [0, 0.05) is 11.7 Å². The van der Waals surface area contributed by atoms with E-state index in [2.05, 4.69) is 17.2 Å². The van der Waals surface area contributed by atoms with Gasteiger partial charge in [-0.2, -0.15) is 0 Å². The summed E-state index contributed by atoms with van der Waals surface area (Å²) >= 11 is 0. The first-order valence-electron chi connectivity index (χ1n) is 5.62. The Kier molecular flexibility index (Phi) is 2.02. The summed E-state index contributed by atoms with van der Waals surface area (Å²) in [6.45, 7) is 2.19. The molecule has 1 saturated carbocycles. The highest BCUT2D eigenvalue weighted by molar-refractivity contribution is 5.76. The molecule has 0 bridgehead atoms. The van der Waals surface area contributed by atoms with Crippen LogP contribution < -0.4 is 11.1 Å². The minimum absolute atomic E-state index is 0.401. The van der Waals surface area contributed by atoms with Gasteiger partial charge >= 0.3 is 5.76 Å². The van der Waals surface area contributed by atoms with Crippen LogP contribution in [0.25, 0.3) is 11.1 Å². The summed E-state index contributed by atoms with van der Waals surface area (Å²) in [6, 6.07) is 6.17. The number of H-pyrrole nitrogens is 1. The van der Waals surface area contributed by atoms with Gasteiger partial charge < -0.3 is 9.73 Å². The van der Waals surface area contributed by atoms with Crippen LogP contribution in [0, 0.1) is 5.92 Å². The molecule has 4 nitrogen and oxygen atoms in total. The van der Waals surface area contributed by atoms with Gasteiger partial charge in [0.05, 0.1) is 5.52 Å². The van der Waals surface area contributed by atoms with E-state index in [-0.39, 0.29) is 0 Å². The number of nitrogens with one attached hydrogen (secondary N) is 2. The van der Waals surface area contributed by atoms with Crippen molar-refractivity contribution in [1.29, 1.82) is 0 Å². The molecule has 0 saturated heterocycles. The van der Waals surface area contributed by atoms with Gasteiger partial charge in [-0.1, -0.05) is 0 Å². The van der Waals surface area contributed by atoms with Gasteiger partial charge in [0.25, 0.3) is 0 Å². The van der Waals surface area contributed by atoms with Crippen LogP contribution in [0.2, 0.25) is 0 Å². The zero-order valence-corrected chi connectivity index (χ0v) is 9.12. The van der Waals surface area contributed by atoms with Gasteiger partial charge in [0.1, 0.15) is 0 Å². The van der Waals surface area contributed by atoms with Gasteiger partial charge in [-0.25, -0.2) is 4.79 Å². The smallest absolute Gasteiger partial charge is 0.408 e. The summed E-state index contributed by atoms with van der Waals surface area (Å²) in [5.74, 6) is 0.404. The highest BCUT2D eigenvalue weighted by Crippen LogP contribution is 2.34. The zero-order chi connectivity index (χ0) is 11.1. The second-order valence-electron chi connectivity index (χ2n) is 4.50. The first-order valence-corrected chi connectivity index (χ1v) is 5.62. The molecule has 1 aliphatic rings. The van der Waals surface area contributed by atoms with Crippen LogP contribution >= 0.6 is 0 Å². The fraction of sp³-hybridized carbons (Fsp3) is 0.417. The molecule has 1 aromatic carbocycles. The van der Waals surface area contributed by atoms with Gasteiger partial charge in [0.2, 0.25) is 0 Å². The van der Waals surface area contributed by atoms with E-state index in [0.717, 1.165) is 17.1 Å². The minimum Gasteiger partial charge on any atom is -0.408 e. The van der Waals surface area contributed by atoms with E-state index in [1.165, 1.54) is 12.8 Å². The van der Waals surface area contributed by atoms with Gasteiger partial charge in [-0.3, -0.25) is 4.98 Å². The van der Waals surface area contributed by atoms with E-state index in [9.17, 15) is 4.79 Å². The number of fused-ring (bicyclic) bond motifs is 1.